The minimum atomic E-state index is -0.548. The summed E-state index contributed by atoms with van der Waals surface area (Å²) in [6.07, 6.45) is 8.44. The van der Waals surface area contributed by atoms with Crippen molar-refractivity contribution in [2.75, 3.05) is 0 Å². The van der Waals surface area contributed by atoms with Crippen LogP contribution in [-0.4, -0.2) is 23.4 Å². The van der Waals surface area contributed by atoms with E-state index in [1.165, 1.54) is 25.7 Å². The largest absolute Gasteiger partial charge is 0.342 e. The molecule has 2 amide bonds. The molecule has 1 aliphatic heterocycles. The highest BCUT2D eigenvalue weighted by atomic mass is 16.2. The van der Waals surface area contributed by atoms with Crippen LogP contribution in [0.4, 0.5) is 0 Å². The molecule has 0 aromatic carbocycles. The highest BCUT2D eigenvalue weighted by Crippen LogP contribution is 2.36. The summed E-state index contributed by atoms with van der Waals surface area (Å²) in [4.78, 5) is 24.3. The average molecular weight is 264 g/mol. The van der Waals surface area contributed by atoms with Gasteiger partial charge in [-0.25, -0.2) is 0 Å². The van der Waals surface area contributed by atoms with Crippen molar-refractivity contribution in [2.45, 2.75) is 69.9 Å². The van der Waals surface area contributed by atoms with Crippen molar-refractivity contribution in [1.82, 2.24) is 10.6 Å². The highest BCUT2D eigenvalue weighted by molar-refractivity contribution is 6.00. The molecule has 2 aliphatic carbocycles. The summed E-state index contributed by atoms with van der Waals surface area (Å²) in [6.45, 7) is 2.29. The van der Waals surface area contributed by atoms with Crippen LogP contribution in [0.25, 0.3) is 0 Å². The van der Waals surface area contributed by atoms with E-state index in [4.69, 9.17) is 0 Å². The van der Waals surface area contributed by atoms with Crippen molar-refractivity contribution in [3.63, 3.8) is 0 Å². The Morgan fingerprint density at radius 2 is 2.00 bits per heavy atom. The Hall–Kier alpha value is -1.06. The Labute approximate surface area is 114 Å². The minimum Gasteiger partial charge on any atom is -0.342 e. The maximum Gasteiger partial charge on any atom is 0.246 e. The normalized spacial score (nSPS) is 37.4. The molecule has 1 spiro atoms. The molecule has 3 rings (SSSR count). The Kier molecular flexibility index (Phi) is 3.27. The first-order chi connectivity index (χ1) is 9.09. The lowest BCUT2D eigenvalue weighted by atomic mass is 9.73. The van der Waals surface area contributed by atoms with Gasteiger partial charge in [-0.05, 0) is 43.9 Å². The second kappa shape index (κ2) is 4.80. The second-order valence-electron chi connectivity index (χ2n) is 6.82. The monoisotopic (exact) mass is 264 g/mol. The van der Waals surface area contributed by atoms with Gasteiger partial charge in [0, 0.05) is 0 Å². The summed E-state index contributed by atoms with van der Waals surface area (Å²) in [6, 6.07) is -0.297. The second-order valence-corrected chi connectivity index (χ2v) is 6.82. The smallest absolute Gasteiger partial charge is 0.246 e. The van der Waals surface area contributed by atoms with E-state index < -0.39 is 5.54 Å². The van der Waals surface area contributed by atoms with Crippen molar-refractivity contribution in [1.29, 1.82) is 0 Å². The molecular formula is C15H24N2O2. The van der Waals surface area contributed by atoms with Crippen LogP contribution in [0.5, 0.6) is 0 Å². The maximum atomic E-state index is 12.2. The standard InChI is InChI=1S/C15H24N2O2/c1-10-4-2-5-11(8-10)9-12-13(18)17-15(6-3-7-15)14(19)16-12/h10-12H,2-9H2,1H3,(H,16,19)(H,17,18). The van der Waals surface area contributed by atoms with E-state index >= 15 is 0 Å². The van der Waals surface area contributed by atoms with Gasteiger partial charge < -0.3 is 10.6 Å². The van der Waals surface area contributed by atoms with Crippen LogP contribution >= 0.6 is 0 Å². The van der Waals surface area contributed by atoms with Gasteiger partial charge in [0.1, 0.15) is 11.6 Å². The van der Waals surface area contributed by atoms with Crippen LogP contribution in [0.1, 0.15) is 58.3 Å². The third kappa shape index (κ3) is 2.37. The first kappa shape index (κ1) is 12.9. The van der Waals surface area contributed by atoms with E-state index in [0.29, 0.717) is 5.92 Å². The van der Waals surface area contributed by atoms with Gasteiger partial charge >= 0.3 is 0 Å². The highest BCUT2D eigenvalue weighted by Gasteiger charge is 2.50. The first-order valence-electron chi connectivity index (χ1n) is 7.72. The molecule has 1 saturated heterocycles. The van der Waals surface area contributed by atoms with Crippen LogP contribution in [0, 0.1) is 11.8 Å². The molecule has 3 atom stereocenters. The van der Waals surface area contributed by atoms with Gasteiger partial charge in [0.15, 0.2) is 0 Å². The topological polar surface area (TPSA) is 58.2 Å². The number of amides is 2. The Morgan fingerprint density at radius 3 is 2.63 bits per heavy atom. The molecule has 3 aliphatic rings. The zero-order valence-electron chi connectivity index (χ0n) is 11.7. The van der Waals surface area contributed by atoms with E-state index in [1.54, 1.807) is 0 Å². The zero-order chi connectivity index (χ0) is 13.5. The van der Waals surface area contributed by atoms with Gasteiger partial charge in [0.25, 0.3) is 0 Å². The minimum absolute atomic E-state index is 0.0394. The van der Waals surface area contributed by atoms with Gasteiger partial charge in [-0.3, -0.25) is 9.59 Å². The van der Waals surface area contributed by atoms with Crippen LogP contribution in [0.15, 0.2) is 0 Å². The van der Waals surface area contributed by atoms with Crippen molar-refractivity contribution in [3.8, 4) is 0 Å². The summed E-state index contributed by atoms with van der Waals surface area (Å²) in [5.41, 5.74) is -0.548. The Bertz CT molecular complexity index is 390. The van der Waals surface area contributed by atoms with Crippen LogP contribution in [0.3, 0.4) is 0 Å². The van der Waals surface area contributed by atoms with E-state index in [2.05, 4.69) is 17.6 Å². The fraction of sp³-hybridized carbons (Fsp3) is 0.867. The molecule has 3 unspecified atom stereocenters. The molecule has 2 saturated carbocycles. The predicted molar refractivity (Wildman–Crippen MR) is 72.4 cm³/mol. The molecule has 4 heteroatoms. The number of hydrogen-bond donors (Lipinski definition) is 2. The number of carbonyl (C=O) groups is 2. The molecule has 0 bridgehead atoms. The maximum absolute atomic E-state index is 12.2. The number of piperazine rings is 1. The van der Waals surface area contributed by atoms with E-state index in [1.807, 2.05) is 0 Å². The number of hydrogen-bond acceptors (Lipinski definition) is 2. The predicted octanol–water partition coefficient (Wildman–Crippen LogP) is 1.74. The van der Waals surface area contributed by atoms with Crippen molar-refractivity contribution >= 4 is 11.8 Å². The molecule has 2 N–H and O–H groups in total. The molecule has 19 heavy (non-hydrogen) atoms. The molecule has 0 radical (unpaired) electrons. The molecule has 3 fully saturated rings. The van der Waals surface area contributed by atoms with Crippen molar-refractivity contribution in [3.05, 3.63) is 0 Å². The summed E-state index contributed by atoms with van der Waals surface area (Å²) >= 11 is 0. The van der Waals surface area contributed by atoms with E-state index in [9.17, 15) is 9.59 Å². The fourth-order valence-electron chi connectivity index (χ4n) is 3.90. The van der Waals surface area contributed by atoms with Gasteiger partial charge in [-0.1, -0.05) is 26.2 Å². The van der Waals surface area contributed by atoms with Crippen molar-refractivity contribution < 1.29 is 9.59 Å². The molecule has 0 aromatic rings. The van der Waals surface area contributed by atoms with Gasteiger partial charge in [-0.2, -0.15) is 0 Å². The lowest BCUT2D eigenvalue weighted by Crippen LogP contribution is -2.72. The first-order valence-corrected chi connectivity index (χ1v) is 7.72. The van der Waals surface area contributed by atoms with Crippen molar-refractivity contribution in [2.24, 2.45) is 11.8 Å². The SMILES string of the molecule is CC1CCCC(CC2NC(=O)C3(CCC3)NC2=O)C1. The van der Waals surface area contributed by atoms with Gasteiger partial charge in [0.05, 0.1) is 0 Å². The van der Waals surface area contributed by atoms with Crippen LogP contribution in [-0.2, 0) is 9.59 Å². The average Bonchev–Trinajstić information content (AvgIpc) is 2.31. The number of rotatable bonds is 2. The quantitative estimate of drug-likeness (QED) is 0.798. The number of carbonyl (C=O) groups excluding carboxylic acids is 2. The molecule has 1 heterocycles. The molecule has 4 nitrogen and oxygen atoms in total. The number of nitrogens with one attached hydrogen (secondary N) is 2. The van der Waals surface area contributed by atoms with E-state index in [0.717, 1.165) is 31.6 Å². The summed E-state index contributed by atoms with van der Waals surface area (Å²) in [5.74, 6) is 1.44. The Morgan fingerprint density at radius 1 is 1.21 bits per heavy atom. The molecular weight excluding hydrogens is 240 g/mol. The summed E-state index contributed by atoms with van der Waals surface area (Å²) < 4.78 is 0. The van der Waals surface area contributed by atoms with E-state index in [-0.39, 0.29) is 17.9 Å². The fourth-order valence-corrected chi connectivity index (χ4v) is 3.90. The lowest BCUT2D eigenvalue weighted by molar-refractivity contribution is -0.145. The molecule has 106 valence electrons. The zero-order valence-corrected chi connectivity index (χ0v) is 11.7. The van der Waals surface area contributed by atoms with Crippen LogP contribution < -0.4 is 10.6 Å². The van der Waals surface area contributed by atoms with Crippen LogP contribution in [0.2, 0.25) is 0 Å². The summed E-state index contributed by atoms with van der Waals surface area (Å²) in [7, 11) is 0. The van der Waals surface area contributed by atoms with Gasteiger partial charge in [0.2, 0.25) is 11.8 Å². The summed E-state index contributed by atoms with van der Waals surface area (Å²) in [5, 5.41) is 5.95. The third-order valence-electron chi connectivity index (χ3n) is 5.24. The van der Waals surface area contributed by atoms with Gasteiger partial charge in [-0.15, -0.1) is 0 Å². The Balaban J connectivity index is 1.59. The third-order valence-corrected chi connectivity index (χ3v) is 5.24. The lowest BCUT2D eigenvalue weighted by Gasteiger charge is -2.46. The molecule has 0 aromatic heterocycles.